The minimum absolute atomic E-state index is 0.0240. The highest BCUT2D eigenvalue weighted by Crippen LogP contribution is 2.45. The van der Waals surface area contributed by atoms with Gasteiger partial charge in [0.05, 0.1) is 6.04 Å². The number of ether oxygens (including phenoxy) is 3. The van der Waals surface area contributed by atoms with Crippen molar-refractivity contribution in [2.75, 3.05) is 6.61 Å². The second kappa shape index (κ2) is 8.25. The topological polar surface area (TPSA) is 65.1 Å². The van der Waals surface area contributed by atoms with Crippen LogP contribution in [0.4, 0.5) is 9.59 Å². The molecule has 5 rings (SSSR count). The largest absolute Gasteiger partial charge is 0.510 e. The Hall–Kier alpha value is -3.28. The molecule has 2 aliphatic carbocycles. The molecule has 3 aliphatic rings. The minimum Gasteiger partial charge on any atom is -0.448 e. The van der Waals surface area contributed by atoms with Crippen molar-refractivity contribution in [3.8, 4) is 11.1 Å². The molecule has 0 N–H and O–H groups in total. The number of rotatable bonds is 3. The van der Waals surface area contributed by atoms with Gasteiger partial charge in [-0.1, -0.05) is 60.7 Å². The van der Waals surface area contributed by atoms with Gasteiger partial charge in [-0.15, -0.1) is 0 Å². The van der Waals surface area contributed by atoms with Crippen LogP contribution in [-0.4, -0.2) is 41.6 Å². The highest BCUT2D eigenvalue weighted by Gasteiger charge is 2.47. The van der Waals surface area contributed by atoms with Crippen molar-refractivity contribution in [3.63, 3.8) is 0 Å². The van der Waals surface area contributed by atoms with E-state index in [2.05, 4.69) is 30.3 Å². The van der Waals surface area contributed by atoms with Gasteiger partial charge in [-0.3, -0.25) is 4.90 Å². The predicted molar refractivity (Wildman–Crippen MR) is 124 cm³/mol. The summed E-state index contributed by atoms with van der Waals surface area (Å²) in [7, 11) is 0. The van der Waals surface area contributed by atoms with Crippen molar-refractivity contribution < 1.29 is 23.8 Å². The number of allylic oxidation sites excluding steroid dienone is 1. The van der Waals surface area contributed by atoms with E-state index in [0.29, 0.717) is 6.42 Å². The van der Waals surface area contributed by atoms with Crippen LogP contribution >= 0.6 is 0 Å². The number of nitrogens with zero attached hydrogens (tertiary/aromatic N) is 1. The summed E-state index contributed by atoms with van der Waals surface area (Å²) in [6.07, 6.45) is 3.56. The standard InChI is InChI=1S/C27H29NO5/c1-27(2,3)33-26(30)32-24-15-17-9-8-14-23(17)28(24)25(29)31-16-22-20-12-6-4-10-18(20)19-11-5-7-13-21(19)22/h4-8,10-14,17,22-24H,9,15-16H2,1-3H3. The Balaban J connectivity index is 1.32. The zero-order valence-electron chi connectivity index (χ0n) is 19.2. The summed E-state index contributed by atoms with van der Waals surface area (Å²) in [5, 5.41) is 0. The first kappa shape index (κ1) is 21.6. The number of benzene rings is 2. The van der Waals surface area contributed by atoms with Crippen LogP contribution in [-0.2, 0) is 14.2 Å². The van der Waals surface area contributed by atoms with Crippen molar-refractivity contribution in [2.45, 2.75) is 57.4 Å². The third-order valence-electron chi connectivity index (χ3n) is 6.56. The van der Waals surface area contributed by atoms with Crippen LogP contribution in [0.25, 0.3) is 11.1 Å². The molecule has 1 saturated heterocycles. The number of carbonyl (C=O) groups excluding carboxylic acids is 2. The molecule has 0 bridgehead atoms. The van der Waals surface area contributed by atoms with Gasteiger partial charge < -0.3 is 14.2 Å². The van der Waals surface area contributed by atoms with Gasteiger partial charge in [0.25, 0.3) is 0 Å². The van der Waals surface area contributed by atoms with Crippen molar-refractivity contribution in [1.82, 2.24) is 4.90 Å². The smallest absolute Gasteiger partial charge is 0.448 e. The first-order valence-corrected chi connectivity index (χ1v) is 11.5. The van der Waals surface area contributed by atoms with Crippen molar-refractivity contribution in [3.05, 3.63) is 71.8 Å². The van der Waals surface area contributed by atoms with Crippen LogP contribution in [0, 0.1) is 5.92 Å². The summed E-state index contributed by atoms with van der Waals surface area (Å²) >= 11 is 0. The molecule has 0 aromatic heterocycles. The van der Waals surface area contributed by atoms with Crippen molar-refractivity contribution >= 4 is 12.2 Å². The van der Waals surface area contributed by atoms with E-state index in [4.69, 9.17) is 14.2 Å². The minimum atomic E-state index is -0.770. The molecule has 33 heavy (non-hydrogen) atoms. The molecule has 172 valence electrons. The van der Waals surface area contributed by atoms with E-state index < -0.39 is 24.1 Å². The van der Waals surface area contributed by atoms with E-state index in [9.17, 15) is 9.59 Å². The summed E-state index contributed by atoms with van der Waals surface area (Å²) in [5.74, 6) is 0.196. The van der Waals surface area contributed by atoms with E-state index >= 15 is 0 Å². The van der Waals surface area contributed by atoms with Gasteiger partial charge in [-0.05, 0) is 55.4 Å². The Morgan fingerprint density at radius 1 is 1.00 bits per heavy atom. The van der Waals surface area contributed by atoms with E-state index in [-0.39, 0.29) is 24.5 Å². The lowest BCUT2D eigenvalue weighted by Gasteiger charge is -2.29. The predicted octanol–water partition coefficient (Wildman–Crippen LogP) is 5.86. The van der Waals surface area contributed by atoms with Crippen LogP contribution in [0.15, 0.2) is 60.7 Å². The maximum atomic E-state index is 13.3. The maximum Gasteiger partial charge on any atom is 0.510 e. The fourth-order valence-corrected chi connectivity index (χ4v) is 5.21. The third-order valence-corrected chi connectivity index (χ3v) is 6.56. The van der Waals surface area contributed by atoms with Gasteiger partial charge in [-0.25, -0.2) is 9.59 Å². The number of hydrogen-bond acceptors (Lipinski definition) is 5. The summed E-state index contributed by atoms with van der Waals surface area (Å²) in [6.45, 7) is 5.57. The summed E-state index contributed by atoms with van der Waals surface area (Å²) in [6, 6.07) is 16.3. The zero-order valence-corrected chi connectivity index (χ0v) is 19.2. The Kier molecular flexibility index (Phi) is 5.39. The maximum absolute atomic E-state index is 13.3. The van der Waals surface area contributed by atoms with Gasteiger partial charge in [0.1, 0.15) is 12.2 Å². The van der Waals surface area contributed by atoms with Gasteiger partial charge >= 0.3 is 12.2 Å². The van der Waals surface area contributed by atoms with E-state index in [1.54, 1.807) is 25.7 Å². The molecule has 2 aromatic carbocycles. The number of amides is 1. The van der Waals surface area contributed by atoms with Crippen molar-refractivity contribution in [2.24, 2.45) is 5.92 Å². The molecule has 1 amide bonds. The zero-order chi connectivity index (χ0) is 23.2. The molecule has 6 nitrogen and oxygen atoms in total. The molecule has 1 heterocycles. The lowest BCUT2D eigenvalue weighted by Crippen LogP contribution is -2.44. The Morgan fingerprint density at radius 2 is 1.64 bits per heavy atom. The van der Waals surface area contributed by atoms with Crippen LogP contribution in [0.3, 0.4) is 0 Å². The first-order valence-electron chi connectivity index (χ1n) is 11.5. The fourth-order valence-electron chi connectivity index (χ4n) is 5.21. The number of carbonyl (C=O) groups is 2. The highest BCUT2D eigenvalue weighted by atomic mass is 16.7. The second-order valence-corrected chi connectivity index (χ2v) is 9.90. The summed E-state index contributed by atoms with van der Waals surface area (Å²) in [4.78, 5) is 27.1. The van der Waals surface area contributed by atoms with E-state index in [0.717, 1.165) is 17.5 Å². The van der Waals surface area contributed by atoms with Crippen LogP contribution < -0.4 is 0 Å². The number of hydrogen-bond donors (Lipinski definition) is 0. The van der Waals surface area contributed by atoms with Gasteiger partial charge in [0.15, 0.2) is 6.23 Å². The quantitative estimate of drug-likeness (QED) is 0.435. The Bertz CT molecular complexity index is 1060. The summed E-state index contributed by atoms with van der Waals surface area (Å²) < 4.78 is 16.7. The normalized spacial score (nSPS) is 23.1. The molecule has 2 aromatic rings. The second-order valence-electron chi connectivity index (χ2n) is 9.90. The molecular weight excluding hydrogens is 418 g/mol. The molecule has 1 fully saturated rings. The van der Waals surface area contributed by atoms with Crippen molar-refractivity contribution in [1.29, 1.82) is 0 Å². The van der Waals surface area contributed by atoms with Crippen LogP contribution in [0.1, 0.15) is 50.7 Å². The molecule has 3 atom stereocenters. The molecule has 0 spiro atoms. The lowest BCUT2D eigenvalue weighted by molar-refractivity contribution is -0.0597. The third kappa shape index (κ3) is 4.10. The van der Waals surface area contributed by atoms with Gasteiger partial charge in [0, 0.05) is 12.3 Å². The van der Waals surface area contributed by atoms with Gasteiger partial charge in [0.2, 0.25) is 0 Å². The average Bonchev–Trinajstić information content (AvgIpc) is 3.42. The molecule has 3 unspecified atom stereocenters. The summed E-state index contributed by atoms with van der Waals surface area (Å²) in [5.41, 5.74) is 4.02. The SMILES string of the molecule is CC(C)(C)OC(=O)OC1CC2CC=CC2N1C(=O)OCC1c2ccccc2-c2ccccc21. The molecule has 6 heteroatoms. The molecule has 1 aliphatic heterocycles. The lowest BCUT2D eigenvalue weighted by atomic mass is 9.98. The van der Waals surface area contributed by atoms with E-state index in [1.807, 2.05) is 30.3 Å². The monoisotopic (exact) mass is 447 g/mol. The molecule has 0 radical (unpaired) electrons. The average molecular weight is 448 g/mol. The van der Waals surface area contributed by atoms with Crippen LogP contribution in [0.2, 0.25) is 0 Å². The highest BCUT2D eigenvalue weighted by molar-refractivity contribution is 5.79. The number of likely N-dealkylation sites (tertiary alicyclic amines) is 1. The first-order chi connectivity index (χ1) is 15.8. The van der Waals surface area contributed by atoms with Crippen LogP contribution in [0.5, 0.6) is 0 Å². The molecular formula is C27H29NO5. The Labute approximate surface area is 194 Å². The number of fused-ring (bicyclic) bond motifs is 4. The molecule has 0 saturated carbocycles. The Morgan fingerprint density at radius 3 is 2.27 bits per heavy atom. The van der Waals surface area contributed by atoms with E-state index in [1.165, 1.54) is 11.1 Å². The fraction of sp³-hybridized carbons (Fsp3) is 0.407. The van der Waals surface area contributed by atoms with Gasteiger partial charge in [-0.2, -0.15) is 0 Å².